The van der Waals surface area contributed by atoms with Gasteiger partial charge in [0.05, 0.1) is 0 Å². The van der Waals surface area contributed by atoms with Gasteiger partial charge in [-0.1, -0.05) is 58.3 Å². The van der Waals surface area contributed by atoms with Crippen LogP contribution in [0.1, 0.15) is 58.3 Å². The molecule has 2 radical (unpaired) electrons. The van der Waals surface area contributed by atoms with Gasteiger partial charge in [-0.2, -0.15) is 0 Å². The van der Waals surface area contributed by atoms with Gasteiger partial charge in [0.2, 0.25) is 9.76 Å². The van der Waals surface area contributed by atoms with Crippen molar-refractivity contribution in [2.75, 3.05) is 0 Å². The summed E-state index contributed by atoms with van der Waals surface area (Å²) in [6.07, 6.45) is 10.9. The standard InChI is InChI=1S/C10H22OSi/c1-2-3-4-5-6-7-8-9-10-12-11/h11H,2-10H2,1H3. The van der Waals surface area contributed by atoms with Crippen LogP contribution in [0.5, 0.6) is 0 Å². The van der Waals surface area contributed by atoms with E-state index in [0.717, 1.165) is 6.04 Å². The molecule has 2 heteroatoms. The summed E-state index contributed by atoms with van der Waals surface area (Å²) in [5.41, 5.74) is 0. The minimum Gasteiger partial charge on any atom is -0.432 e. The monoisotopic (exact) mass is 186 g/mol. The highest BCUT2D eigenvalue weighted by atomic mass is 28.2. The van der Waals surface area contributed by atoms with Crippen LogP contribution < -0.4 is 0 Å². The summed E-state index contributed by atoms with van der Waals surface area (Å²) in [7, 11) is 0.170. The summed E-state index contributed by atoms with van der Waals surface area (Å²) >= 11 is 0. The second-order valence-corrected chi connectivity index (χ2v) is 4.20. The van der Waals surface area contributed by atoms with Crippen molar-refractivity contribution in [1.29, 1.82) is 0 Å². The van der Waals surface area contributed by atoms with Gasteiger partial charge < -0.3 is 4.80 Å². The highest BCUT2D eigenvalue weighted by molar-refractivity contribution is 6.25. The Bertz CT molecular complexity index is 66.2. The Hall–Kier alpha value is 0.177. The van der Waals surface area contributed by atoms with Crippen molar-refractivity contribution >= 4 is 9.76 Å². The lowest BCUT2D eigenvalue weighted by molar-refractivity contribution is 0.568. The molecular formula is C10H22OSi. The Kier molecular flexibility index (Phi) is 11.3. The van der Waals surface area contributed by atoms with Crippen LogP contribution in [0.2, 0.25) is 6.04 Å². The fourth-order valence-electron chi connectivity index (χ4n) is 1.34. The average molecular weight is 186 g/mol. The van der Waals surface area contributed by atoms with Gasteiger partial charge in [-0.15, -0.1) is 0 Å². The summed E-state index contributed by atoms with van der Waals surface area (Å²) < 4.78 is 0. The maximum atomic E-state index is 8.57. The van der Waals surface area contributed by atoms with E-state index in [0.29, 0.717) is 0 Å². The van der Waals surface area contributed by atoms with Crippen LogP contribution in [0, 0.1) is 0 Å². The second kappa shape index (κ2) is 11.2. The van der Waals surface area contributed by atoms with E-state index in [-0.39, 0.29) is 9.76 Å². The zero-order chi connectivity index (χ0) is 9.07. The Balaban J connectivity index is 2.73. The van der Waals surface area contributed by atoms with Crippen molar-refractivity contribution in [3.8, 4) is 0 Å². The summed E-state index contributed by atoms with van der Waals surface area (Å²) in [4.78, 5) is 8.57. The molecular weight excluding hydrogens is 164 g/mol. The fourth-order valence-corrected chi connectivity index (χ4v) is 1.75. The molecule has 72 valence electrons. The summed E-state index contributed by atoms with van der Waals surface area (Å²) in [6, 6.07) is 1.02. The normalized spacial score (nSPS) is 10.5. The molecule has 0 aliphatic carbocycles. The molecule has 0 aliphatic heterocycles. The first-order valence-corrected chi connectivity index (χ1v) is 6.44. The first-order valence-electron chi connectivity index (χ1n) is 5.28. The number of hydrogen-bond acceptors (Lipinski definition) is 1. The van der Waals surface area contributed by atoms with E-state index in [1.54, 1.807) is 0 Å². The van der Waals surface area contributed by atoms with Gasteiger partial charge in [-0.05, 0) is 6.04 Å². The molecule has 0 fully saturated rings. The van der Waals surface area contributed by atoms with Crippen molar-refractivity contribution in [3.63, 3.8) is 0 Å². The fraction of sp³-hybridized carbons (Fsp3) is 1.00. The van der Waals surface area contributed by atoms with Crippen molar-refractivity contribution < 1.29 is 4.80 Å². The minimum atomic E-state index is 0.170. The predicted octanol–water partition coefficient (Wildman–Crippen LogP) is 3.16. The molecule has 0 aliphatic rings. The van der Waals surface area contributed by atoms with Crippen LogP contribution in [-0.2, 0) is 0 Å². The van der Waals surface area contributed by atoms with Gasteiger partial charge in [-0.25, -0.2) is 0 Å². The van der Waals surface area contributed by atoms with Crippen LogP contribution >= 0.6 is 0 Å². The van der Waals surface area contributed by atoms with E-state index < -0.39 is 0 Å². The molecule has 0 bridgehead atoms. The van der Waals surface area contributed by atoms with Crippen molar-refractivity contribution in [2.45, 2.75) is 64.3 Å². The maximum absolute atomic E-state index is 8.57. The van der Waals surface area contributed by atoms with E-state index in [1.807, 2.05) is 0 Å². The predicted molar refractivity (Wildman–Crippen MR) is 55.4 cm³/mol. The van der Waals surface area contributed by atoms with Crippen molar-refractivity contribution in [3.05, 3.63) is 0 Å². The lowest BCUT2D eigenvalue weighted by atomic mass is 10.1. The molecule has 1 N–H and O–H groups in total. The number of unbranched alkanes of at least 4 members (excludes halogenated alkanes) is 7. The first kappa shape index (κ1) is 12.2. The maximum Gasteiger partial charge on any atom is 0.224 e. The van der Waals surface area contributed by atoms with Gasteiger partial charge in [0, 0.05) is 0 Å². The lowest BCUT2D eigenvalue weighted by Crippen LogP contribution is -1.86. The molecule has 0 aromatic heterocycles. The molecule has 0 aromatic rings. The Morgan fingerprint density at radius 1 is 0.833 bits per heavy atom. The van der Waals surface area contributed by atoms with Gasteiger partial charge >= 0.3 is 0 Å². The molecule has 0 heterocycles. The Labute approximate surface area is 79.5 Å². The van der Waals surface area contributed by atoms with E-state index in [1.165, 1.54) is 51.4 Å². The third-order valence-electron chi connectivity index (χ3n) is 2.14. The lowest BCUT2D eigenvalue weighted by Gasteiger charge is -1.99. The van der Waals surface area contributed by atoms with Gasteiger partial charge in [0.25, 0.3) is 0 Å². The third kappa shape index (κ3) is 10.2. The third-order valence-corrected chi connectivity index (χ3v) is 2.72. The van der Waals surface area contributed by atoms with Gasteiger partial charge in [0.1, 0.15) is 0 Å². The minimum absolute atomic E-state index is 0.170. The van der Waals surface area contributed by atoms with Gasteiger partial charge in [-0.3, -0.25) is 0 Å². The van der Waals surface area contributed by atoms with E-state index in [2.05, 4.69) is 6.92 Å². The van der Waals surface area contributed by atoms with Crippen molar-refractivity contribution in [1.82, 2.24) is 0 Å². The second-order valence-electron chi connectivity index (χ2n) is 3.38. The molecule has 0 spiro atoms. The van der Waals surface area contributed by atoms with Gasteiger partial charge in [0.15, 0.2) is 0 Å². The molecule has 0 amide bonds. The Morgan fingerprint density at radius 2 is 1.33 bits per heavy atom. The highest BCUT2D eigenvalue weighted by Crippen LogP contribution is 2.08. The average Bonchev–Trinajstić information content (AvgIpc) is 2.10. The Morgan fingerprint density at radius 3 is 1.83 bits per heavy atom. The largest absolute Gasteiger partial charge is 0.432 e. The summed E-state index contributed by atoms with van der Waals surface area (Å²) in [5, 5.41) is 0. The molecule has 0 saturated carbocycles. The zero-order valence-corrected chi connectivity index (χ0v) is 9.31. The molecule has 0 atom stereocenters. The molecule has 0 aromatic carbocycles. The SMILES string of the molecule is CCCCCCCCCC[Si]O. The van der Waals surface area contributed by atoms with Crippen LogP contribution in [0.25, 0.3) is 0 Å². The van der Waals surface area contributed by atoms with Crippen LogP contribution in [-0.4, -0.2) is 14.6 Å². The van der Waals surface area contributed by atoms with Crippen molar-refractivity contribution in [2.24, 2.45) is 0 Å². The van der Waals surface area contributed by atoms with E-state index >= 15 is 0 Å². The van der Waals surface area contributed by atoms with Crippen LogP contribution in [0.15, 0.2) is 0 Å². The number of rotatable bonds is 9. The van der Waals surface area contributed by atoms with Crippen LogP contribution in [0.3, 0.4) is 0 Å². The quantitative estimate of drug-likeness (QED) is 0.433. The molecule has 0 saturated heterocycles. The van der Waals surface area contributed by atoms with Crippen LogP contribution in [0.4, 0.5) is 0 Å². The first-order chi connectivity index (χ1) is 5.91. The summed E-state index contributed by atoms with van der Waals surface area (Å²) in [5.74, 6) is 0. The molecule has 1 nitrogen and oxygen atoms in total. The van der Waals surface area contributed by atoms with E-state index in [4.69, 9.17) is 4.80 Å². The molecule has 0 rings (SSSR count). The summed E-state index contributed by atoms with van der Waals surface area (Å²) in [6.45, 7) is 2.25. The zero-order valence-electron chi connectivity index (χ0n) is 8.31. The topological polar surface area (TPSA) is 20.2 Å². The number of hydrogen-bond donors (Lipinski definition) is 1. The smallest absolute Gasteiger partial charge is 0.224 e. The highest BCUT2D eigenvalue weighted by Gasteiger charge is 1.91. The molecule has 0 unspecified atom stereocenters. The molecule has 12 heavy (non-hydrogen) atoms. The van der Waals surface area contributed by atoms with E-state index in [9.17, 15) is 0 Å².